The van der Waals surface area contributed by atoms with Crippen LogP contribution in [0.15, 0.2) is 140 Å². The predicted molar refractivity (Wildman–Crippen MR) is 154 cm³/mol. The number of hydrogen-bond acceptors (Lipinski definition) is 3. The standard InChI is InChI=1S/C36H23NO2/c1-3-12-25(13-4-1)36(26-14-5-2-6-15-26)30-18-8-7-16-28(30)29-21-33-34(22-31(29)36)38-32-19-9-17-27(35(32)39-33)24-11-10-20-37-23-24/h1-23H. The Morgan fingerprint density at radius 3 is 1.92 bits per heavy atom. The van der Waals surface area contributed by atoms with Crippen molar-refractivity contribution < 1.29 is 9.47 Å². The average molecular weight is 502 g/mol. The van der Waals surface area contributed by atoms with Gasteiger partial charge in [0.25, 0.3) is 0 Å². The van der Waals surface area contributed by atoms with Crippen LogP contribution in [0.3, 0.4) is 0 Å². The number of pyridine rings is 1. The van der Waals surface area contributed by atoms with E-state index >= 15 is 0 Å². The van der Waals surface area contributed by atoms with E-state index in [1.807, 2.05) is 36.5 Å². The minimum Gasteiger partial charge on any atom is -0.449 e. The lowest BCUT2D eigenvalue weighted by molar-refractivity contribution is 0.360. The summed E-state index contributed by atoms with van der Waals surface area (Å²) in [6.45, 7) is 0. The van der Waals surface area contributed by atoms with Crippen molar-refractivity contribution >= 4 is 0 Å². The van der Waals surface area contributed by atoms with E-state index in [4.69, 9.17) is 9.47 Å². The molecule has 1 aromatic heterocycles. The van der Waals surface area contributed by atoms with E-state index in [9.17, 15) is 0 Å². The number of ether oxygens (including phenoxy) is 2. The second kappa shape index (κ2) is 8.44. The highest BCUT2D eigenvalue weighted by Gasteiger charge is 2.47. The largest absolute Gasteiger partial charge is 0.449 e. The molecule has 1 aliphatic heterocycles. The van der Waals surface area contributed by atoms with E-state index in [-0.39, 0.29) is 0 Å². The van der Waals surface area contributed by atoms with Gasteiger partial charge in [0.15, 0.2) is 23.0 Å². The van der Waals surface area contributed by atoms with Crippen molar-refractivity contribution in [3.05, 3.63) is 162 Å². The predicted octanol–water partition coefficient (Wildman–Crippen LogP) is 9.01. The van der Waals surface area contributed by atoms with E-state index in [1.54, 1.807) is 6.20 Å². The van der Waals surface area contributed by atoms with Gasteiger partial charge in [-0.25, -0.2) is 0 Å². The maximum Gasteiger partial charge on any atom is 0.178 e. The molecule has 184 valence electrons. The van der Waals surface area contributed by atoms with Crippen LogP contribution < -0.4 is 9.47 Å². The zero-order valence-corrected chi connectivity index (χ0v) is 21.0. The van der Waals surface area contributed by atoms with Gasteiger partial charge in [-0.15, -0.1) is 0 Å². The Labute approximate surface area is 227 Å². The van der Waals surface area contributed by atoms with Crippen molar-refractivity contribution in [1.29, 1.82) is 0 Å². The normalized spacial score (nSPS) is 13.7. The fourth-order valence-corrected chi connectivity index (χ4v) is 6.29. The van der Waals surface area contributed by atoms with E-state index in [0.717, 1.165) is 16.7 Å². The summed E-state index contributed by atoms with van der Waals surface area (Å²) in [5, 5.41) is 0. The Morgan fingerprint density at radius 2 is 1.18 bits per heavy atom. The summed E-state index contributed by atoms with van der Waals surface area (Å²) >= 11 is 0. The minimum absolute atomic E-state index is 0.481. The molecule has 3 nitrogen and oxygen atoms in total. The molecule has 2 aliphatic rings. The molecule has 39 heavy (non-hydrogen) atoms. The highest BCUT2D eigenvalue weighted by atomic mass is 16.6. The van der Waals surface area contributed by atoms with Crippen molar-refractivity contribution in [1.82, 2.24) is 4.98 Å². The van der Waals surface area contributed by atoms with Crippen LogP contribution in [0, 0.1) is 0 Å². The van der Waals surface area contributed by atoms with Crippen LogP contribution in [-0.2, 0) is 5.41 Å². The quantitative estimate of drug-likeness (QED) is 0.242. The molecule has 0 spiro atoms. The first-order chi connectivity index (χ1) is 19.3. The Balaban J connectivity index is 1.38. The molecule has 0 fully saturated rings. The zero-order chi connectivity index (χ0) is 25.8. The highest BCUT2D eigenvalue weighted by Crippen LogP contribution is 2.60. The fourth-order valence-electron chi connectivity index (χ4n) is 6.29. The van der Waals surface area contributed by atoms with Gasteiger partial charge in [0.1, 0.15) is 0 Å². The van der Waals surface area contributed by atoms with Crippen LogP contribution in [-0.4, -0.2) is 4.98 Å². The molecule has 5 aromatic carbocycles. The second-order valence-electron chi connectivity index (χ2n) is 9.95. The summed E-state index contributed by atoms with van der Waals surface area (Å²) in [4.78, 5) is 4.30. The number of aromatic nitrogens is 1. The van der Waals surface area contributed by atoms with Gasteiger partial charge in [-0.3, -0.25) is 4.98 Å². The molecule has 6 aromatic rings. The Hall–Kier alpha value is -5.15. The molecule has 0 radical (unpaired) electrons. The monoisotopic (exact) mass is 501 g/mol. The van der Waals surface area contributed by atoms with Crippen LogP contribution >= 0.6 is 0 Å². The summed E-state index contributed by atoms with van der Waals surface area (Å²) in [5.41, 5.74) is 8.71. The molecule has 0 unspecified atom stereocenters. The fraction of sp³-hybridized carbons (Fsp3) is 0.0278. The first-order valence-corrected chi connectivity index (χ1v) is 13.1. The molecular weight excluding hydrogens is 478 g/mol. The number of hydrogen-bond donors (Lipinski definition) is 0. The summed E-state index contributed by atoms with van der Waals surface area (Å²) in [6, 6.07) is 44.6. The zero-order valence-electron chi connectivity index (χ0n) is 21.0. The lowest BCUT2D eigenvalue weighted by atomic mass is 9.67. The Kier molecular flexibility index (Phi) is 4.74. The minimum atomic E-state index is -0.481. The van der Waals surface area contributed by atoms with E-state index in [0.29, 0.717) is 23.0 Å². The van der Waals surface area contributed by atoms with Crippen LogP contribution in [0.25, 0.3) is 22.3 Å². The maximum atomic E-state index is 6.63. The number of nitrogens with zero attached hydrogens (tertiary/aromatic N) is 1. The molecule has 8 rings (SSSR count). The average Bonchev–Trinajstić information content (AvgIpc) is 3.30. The van der Waals surface area contributed by atoms with Crippen molar-refractivity contribution in [3.63, 3.8) is 0 Å². The number of benzene rings is 5. The third-order valence-electron chi connectivity index (χ3n) is 7.91. The van der Waals surface area contributed by atoms with Crippen LogP contribution in [0.5, 0.6) is 23.0 Å². The molecule has 0 amide bonds. The first-order valence-electron chi connectivity index (χ1n) is 13.1. The van der Waals surface area contributed by atoms with Gasteiger partial charge in [0.2, 0.25) is 0 Å². The van der Waals surface area contributed by atoms with Gasteiger partial charge in [-0.05, 0) is 57.6 Å². The van der Waals surface area contributed by atoms with Gasteiger partial charge in [0, 0.05) is 23.5 Å². The topological polar surface area (TPSA) is 31.4 Å². The van der Waals surface area contributed by atoms with Crippen molar-refractivity contribution in [2.45, 2.75) is 5.41 Å². The van der Waals surface area contributed by atoms with Gasteiger partial charge in [-0.2, -0.15) is 0 Å². The summed E-state index contributed by atoms with van der Waals surface area (Å²) in [5.74, 6) is 2.84. The third-order valence-corrected chi connectivity index (χ3v) is 7.91. The smallest absolute Gasteiger partial charge is 0.178 e. The van der Waals surface area contributed by atoms with Gasteiger partial charge >= 0.3 is 0 Å². The molecular formula is C36H23NO2. The lowest BCUT2D eigenvalue weighted by Gasteiger charge is -2.34. The Bertz CT molecular complexity index is 1810. The molecule has 3 heteroatoms. The molecule has 0 bridgehead atoms. The molecule has 0 N–H and O–H groups in total. The van der Waals surface area contributed by atoms with E-state index in [2.05, 4.69) is 102 Å². The van der Waals surface area contributed by atoms with Crippen LogP contribution in [0.4, 0.5) is 0 Å². The molecule has 1 aliphatic carbocycles. The number of rotatable bonds is 3. The van der Waals surface area contributed by atoms with E-state index in [1.165, 1.54) is 27.8 Å². The molecule has 0 saturated heterocycles. The van der Waals surface area contributed by atoms with Crippen molar-refractivity contribution in [3.8, 4) is 45.3 Å². The SMILES string of the molecule is c1ccc(C2(c3ccccc3)c3ccccc3-c3cc4c(cc32)Oc2cccc(-c3cccnc3)c2O4)cc1. The maximum absolute atomic E-state index is 6.63. The second-order valence-corrected chi connectivity index (χ2v) is 9.95. The first kappa shape index (κ1) is 21.9. The van der Waals surface area contributed by atoms with E-state index < -0.39 is 5.41 Å². The third kappa shape index (κ3) is 3.14. The Morgan fingerprint density at radius 1 is 0.487 bits per heavy atom. The molecule has 2 heterocycles. The summed E-state index contributed by atoms with van der Waals surface area (Å²) in [7, 11) is 0. The molecule has 0 atom stereocenters. The highest BCUT2D eigenvalue weighted by molar-refractivity contribution is 5.88. The van der Waals surface area contributed by atoms with Crippen LogP contribution in [0.1, 0.15) is 22.3 Å². The lowest BCUT2D eigenvalue weighted by Crippen LogP contribution is -2.28. The molecule has 0 saturated carbocycles. The summed E-state index contributed by atoms with van der Waals surface area (Å²) in [6.07, 6.45) is 3.62. The summed E-state index contributed by atoms with van der Waals surface area (Å²) < 4.78 is 13.2. The van der Waals surface area contributed by atoms with Gasteiger partial charge in [-0.1, -0.05) is 103 Å². The number of para-hydroxylation sites is 1. The number of fused-ring (bicyclic) bond motifs is 5. The van der Waals surface area contributed by atoms with Crippen molar-refractivity contribution in [2.24, 2.45) is 0 Å². The van der Waals surface area contributed by atoms with Gasteiger partial charge < -0.3 is 9.47 Å². The van der Waals surface area contributed by atoms with Crippen LogP contribution in [0.2, 0.25) is 0 Å². The van der Waals surface area contributed by atoms with Gasteiger partial charge in [0.05, 0.1) is 5.41 Å². The van der Waals surface area contributed by atoms with Crippen molar-refractivity contribution in [2.75, 3.05) is 0 Å².